The molecular formula is C54H66N10O8S. The van der Waals surface area contributed by atoms with E-state index in [1.165, 1.54) is 14.2 Å². The van der Waals surface area contributed by atoms with Crippen molar-refractivity contribution in [2.45, 2.75) is 129 Å². The first-order valence-electron chi connectivity index (χ1n) is 25.6. The number of imidazole rings is 2. The standard InChI is InChI=1S/C54H66N10O8S/c1-9-12-43-55-28-42(73-43)51-64-37-16-15-31(35-26-56-47(58-35)39-14-11-19-63(39)50(66)46(61-53(68)70-8)32-17-20-71-54(5,6)25-32)22-34(37)23-40(64)44-30(4)21-33(24-41(44)72-51)36-27-57-48(59-36)38-13-10-18-62(38)49(65)45(29(2)3)60-52(67)69-7/h15-16,21-24,26-29,32,38-39,45-46,51H,9-14,17-20,25H2,1-8H3,(H,56,58)(H,57,59)(H,60,67)(H,61,68)/t32?,38-,39-,45-,46?,51?/m0/s1. The second kappa shape index (κ2) is 20.3. The SMILES string of the molecule is CCCc1ncc(C2Oc3cc(-c4cnc([C@@H]5CCCN5C(=O)[C@@H](NC(=O)OC)C(C)C)[nH]4)cc(C)c3-c3cc4cc(-c5cnc([C@@H]6CCCN6C(=O)C(NC(=O)OC)C6CCOC(C)(C)C6)[nH]5)ccc4n32)s1. The molecule has 8 heterocycles. The number of nitrogens with one attached hydrogen (secondary N) is 4. The summed E-state index contributed by atoms with van der Waals surface area (Å²) in [6.45, 7) is 13.7. The molecule has 4 N–H and O–H groups in total. The van der Waals surface area contributed by atoms with Gasteiger partial charge in [0.15, 0.2) is 0 Å². The molecule has 4 amide bonds. The second-order valence-corrected chi connectivity index (χ2v) is 21.9. The van der Waals surface area contributed by atoms with Crippen molar-refractivity contribution in [2.75, 3.05) is 33.9 Å². The Morgan fingerprint density at radius 3 is 2.18 bits per heavy atom. The Hall–Kier alpha value is -6.73. The molecule has 3 unspecified atom stereocenters. The molecule has 4 aliphatic rings. The highest BCUT2D eigenvalue weighted by atomic mass is 32.1. The highest BCUT2D eigenvalue weighted by Crippen LogP contribution is 2.49. The average Bonchev–Trinajstić information content (AvgIpc) is 4.24. The lowest BCUT2D eigenvalue weighted by atomic mass is 9.82. The number of H-pyrrole nitrogens is 2. The lowest BCUT2D eigenvalue weighted by Gasteiger charge is -2.40. The number of nitrogens with zero attached hydrogens (tertiary/aromatic N) is 6. The number of aromatic amines is 2. The van der Waals surface area contributed by atoms with Crippen molar-refractivity contribution in [3.8, 4) is 39.5 Å². The topological polar surface area (TPSA) is 211 Å². The number of carbonyl (C=O) groups is 4. The number of rotatable bonds is 13. The van der Waals surface area contributed by atoms with E-state index in [4.69, 9.17) is 33.9 Å². The van der Waals surface area contributed by atoms with Crippen LogP contribution in [-0.4, -0.2) is 115 Å². The molecule has 18 nitrogen and oxygen atoms in total. The zero-order valence-electron chi connectivity index (χ0n) is 42.9. The molecule has 0 spiro atoms. The molecule has 0 aliphatic carbocycles. The van der Waals surface area contributed by atoms with Gasteiger partial charge in [0.25, 0.3) is 0 Å². The summed E-state index contributed by atoms with van der Waals surface area (Å²) in [4.78, 5) is 79.5. The van der Waals surface area contributed by atoms with Gasteiger partial charge in [0, 0.05) is 48.0 Å². The quantitative estimate of drug-likeness (QED) is 0.0856. The van der Waals surface area contributed by atoms with Gasteiger partial charge in [-0.2, -0.15) is 0 Å². The minimum atomic E-state index is -0.752. The maximum Gasteiger partial charge on any atom is 0.407 e. The predicted octanol–water partition coefficient (Wildman–Crippen LogP) is 9.38. The lowest BCUT2D eigenvalue weighted by Crippen LogP contribution is -2.54. The number of thiazole rings is 1. The molecule has 4 aliphatic heterocycles. The second-order valence-electron chi connectivity index (χ2n) is 20.8. The van der Waals surface area contributed by atoms with Gasteiger partial charge in [-0.15, -0.1) is 11.3 Å². The molecule has 19 heteroatoms. The third kappa shape index (κ3) is 9.68. The minimum Gasteiger partial charge on any atom is -0.464 e. The van der Waals surface area contributed by atoms with Crippen molar-refractivity contribution < 1.29 is 38.1 Å². The first-order valence-corrected chi connectivity index (χ1v) is 26.4. The van der Waals surface area contributed by atoms with Crippen LogP contribution in [0.1, 0.15) is 125 Å². The summed E-state index contributed by atoms with van der Waals surface area (Å²) < 4.78 is 25.2. The number of hydrogen-bond donors (Lipinski definition) is 4. The first kappa shape index (κ1) is 49.8. The van der Waals surface area contributed by atoms with Gasteiger partial charge in [0.05, 0.1) is 76.8 Å². The highest BCUT2D eigenvalue weighted by molar-refractivity contribution is 7.11. The molecule has 386 valence electrons. The molecule has 2 aromatic carbocycles. The van der Waals surface area contributed by atoms with Crippen molar-refractivity contribution in [3.63, 3.8) is 0 Å². The number of methoxy groups -OCH3 is 2. The number of carbonyl (C=O) groups excluding carboxylic acids is 4. The fourth-order valence-corrected chi connectivity index (χ4v) is 12.5. The first-order chi connectivity index (χ1) is 35.1. The van der Waals surface area contributed by atoms with Crippen LogP contribution in [0, 0.1) is 18.8 Å². The number of amides is 4. The van der Waals surface area contributed by atoms with Gasteiger partial charge in [-0.1, -0.05) is 26.8 Å². The van der Waals surface area contributed by atoms with E-state index >= 15 is 0 Å². The van der Waals surface area contributed by atoms with Crippen molar-refractivity contribution >= 4 is 46.2 Å². The molecule has 0 bridgehead atoms. The molecular weight excluding hydrogens is 949 g/mol. The van der Waals surface area contributed by atoms with Gasteiger partial charge < -0.3 is 49.3 Å². The van der Waals surface area contributed by atoms with E-state index in [1.807, 2.05) is 56.1 Å². The summed E-state index contributed by atoms with van der Waals surface area (Å²) in [5.41, 5.74) is 7.10. The third-order valence-corrected chi connectivity index (χ3v) is 16.1. The smallest absolute Gasteiger partial charge is 0.407 e. The monoisotopic (exact) mass is 1010 g/mol. The van der Waals surface area contributed by atoms with Crippen LogP contribution in [0.15, 0.2) is 55.0 Å². The molecule has 0 saturated carbocycles. The summed E-state index contributed by atoms with van der Waals surface area (Å²) in [5.74, 6) is 1.58. The molecule has 0 radical (unpaired) electrons. The van der Waals surface area contributed by atoms with Crippen LogP contribution < -0.4 is 15.4 Å². The van der Waals surface area contributed by atoms with Crippen LogP contribution >= 0.6 is 11.3 Å². The number of ether oxygens (including phenoxy) is 4. The Balaban J connectivity index is 0.950. The highest BCUT2D eigenvalue weighted by Gasteiger charge is 2.43. The zero-order chi connectivity index (χ0) is 51.3. The Labute approximate surface area is 428 Å². The maximum absolute atomic E-state index is 14.5. The van der Waals surface area contributed by atoms with Crippen LogP contribution in [0.4, 0.5) is 9.59 Å². The van der Waals surface area contributed by atoms with E-state index in [2.05, 4.69) is 75.4 Å². The molecule has 3 fully saturated rings. The normalized spacial score (nSPS) is 21.1. The summed E-state index contributed by atoms with van der Waals surface area (Å²) >= 11 is 1.67. The fraction of sp³-hybridized carbons (Fsp3) is 0.500. The van der Waals surface area contributed by atoms with Crippen LogP contribution in [0.5, 0.6) is 5.75 Å². The van der Waals surface area contributed by atoms with Crippen molar-refractivity contribution in [1.29, 1.82) is 0 Å². The average molecular weight is 1020 g/mol. The summed E-state index contributed by atoms with van der Waals surface area (Å²) in [5, 5.41) is 7.69. The van der Waals surface area contributed by atoms with Crippen LogP contribution in [0.25, 0.3) is 44.7 Å². The number of benzene rings is 2. The maximum atomic E-state index is 14.5. The van der Waals surface area contributed by atoms with E-state index in [9.17, 15) is 19.2 Å². The molecule has 4 aromatic heterocycles. The predicted molar refractivity (Wildman–Crippen MR) is 276 cm³/mol. The molecule has 6 atom stereocenters. The number of fused-ring (bicyclic) bond motifs is 5. The van der Waals surface area contributed by atoms with Gasteiger partial charge in [0.1, 0.15) is 29.5 Å². The van der Waals surface area contributed by atoms with Gasteiger partial charge in [-0.05, 0) is 120 Å². The lowest BCUT2D eigenvalue weighted by molar-refractivity contribution is -0.139. The van der Waals surface area contributed by atoms with Crippen molar-refractivity contribution in [1.82, 2.24) is 49.9 Å². The Morgan fingerprint density at radius 2 is 1.52 bits per heavy atom. The summed E-state index contributed by atoms with van der Waals surface area (Å²) in [6.07, 6.45) is 10.1. The number of aromatic nitrogens is 6. The molecule has 10 rings (SSSR count). The number of aryl methyl sites for hydroxylation is 2. The summed E-state index contributed by atoms with van der Waals surface area (Å²) in [7, 11) is 2.61. The molecule has 6 aromatic rings. The number of alkyl carbamates (subject to hydrolysis) is 2. The summed E-state index contributed by atoms with van der Waals surface area (Å²) in [6, 6.07) is 10.8. The third-order valence-electron chi connectivity index (χ3n) is 15.0. The van der Waals surface area contributed by atoms with E-state index in [-0.39, 0.29) is 35.7 Å². The fourth-order valence-electron chi connectivity index (χ4n) is 11.4. The van der Waals surface area contributed by atoms with Crippen molar-refractivity contribution in [2.24, 2.45) is 11.8 Å². The van der Waals surface area contributed by atoms with E-state index in [0.717, 1.165) is 104 Å². The van der Waals surface area contributed by atoms with E-state index in [0.29, 0.717) is 44.2 Å². The zero-order valence-corrected chi connectivity index (χ0v) is 43.7. The Kier molecular flexibility index (Phi) is 13.9. The van der Waals surface area contributed by atoms with E-state index < -0.39 is 36.1 Å². The van der Waals surface area contributed by atoms with Gasteiger partial charge >= 0.3 is 12.2 Å². The van der Waals surface area contributed by atoms with Crippen molar-refractivity contribution in [3.05, 3.63) is 82.1 Å². The molecule has 73 heavy (non-hydrogen) atoms. The van der Waals surface area contributed by atoms with Gasteiger partial charge in [0.2, 0.25) is 18.0 Å². The van der Waals surface area contributed by atoms with E-state index in [1.54, 1.807) is 11.3 Å². The largest absolute Gasteiger partial charge is 0.464 e. The number of hydrogen-bond acceptors (Lipinski definition) is 12. The molecule has 3 saturated heterocycles. The Morgan fingerprint density at radius 1 is 0.849 bits per heavy atom. The Bertz CT molecular complexity index is 3040. The number of likely N-dealkylation sites (tertiary alicyclic amines) is 2. The van der Waals surface area contributed by atoms with Crippen LogP contribution in [0.3, 0.4) is 0 Å². The van der Waals surface area contributed by atoms with Crippen LogP contribution in [0.2, 0.25) is 0 Å². The van der Waals surface area contributed by atoms with Gasteiger partial charge in [-0.3, -0.25) is 14.2 Å². The van der Waals surface area contributed by atoms with Gasteiger partial charge in [-0.25, -0.2) is 24.5 Å². The minimum absolute atomic E-state index is 0.109. The van der Waals surface area contributed by atoms with Crippen LogP contribution in [-0.2, 0) is 30.2 Å².